The molecule has 1 heterocycles. The van der Waals surface area contributed by atoms with E-state index in [-0.39, 0.29) is 5.91 Å². The largest absolute Gasteiger partial charge is 0.385 e. The molecule has 0 saturated heterocycles. The highest BCUT2D eigenvalue weighted by Gasteiger charge is 2.15. The number of benzene rings is 1. The predicted octanol–water partition coefficient (Wildman–Crippen LogP) is 3.10. The zero-order chi connectivity index (χ0) is 15.2. The molecule has 0 atom stereocenters. The van der Waals surface area contributed by atoms with E-state index in [4.69, 9.17) is 0 Å². The molecule has 0 bridgehead atoms. The number of thioether (sulfide) groups is 1. The quantitative estimate of drug-likeness (QED) is 0.890. The Morgan fingerprint density at radius 1 is 1.38 bits per heavy atom. The number of rotatable bonds is 6. The van der Waals surface area contributed by atoms with Crippen LogP contribution >= 0.6 is 11.8 Å². The van der Waals surface area contributed by atoms with Crippen LogP contribution in [0.25, 0.3) is 10.9 Å². The van der Waals surface area contributed by atoms with Crippen LogP contribution in [-0.4, -0.2) is 47.9 Å². The molecule has 4 nitrogen and oxygen atoms in total. The molecule has 0 aliphatic heterocycles. The van der Waals surface area contributed by atoms with E-state index in [1.54, 1.807) is 16.7 Å². The highest BCUT2D eigenvalue weighted by Crippen LogP contribution is 2.23. The van der Waals surface area contributed by atoms with Gasteiger partial charge >= 0.3 is 0 Å². The number of nitrogens with zero attached hydrogens (tertiary/aromatic N) is 2. The number of aromatic nitrogens is 1. The van der Waals surface area contributed by atoms with Crippen molar-refractivity contribution >= 4 is 34.3 Å². The van der Waals surface area contributed by atoms with Crippen molar-refractivity contribution in [2.45, 2.75) is 6.92 Å². The molecule has 0 saturated carbocycles. The molecule has 1 N–H and O–H groups in total. The third-order valence-corrected chi connectivity index (χ3v) is 3.87. The number of fused-ring (bicyclic) bond motifs is 1. The molecule has 112 valence electrons. The molecule has 1 aromatic carbocycles. The molecule has 1 amide bonds. The number of nitrogens with one attached hydrogen (secondary N) is 1. The molecule has 0 aliphatic rings. The average Bonchev–Trinajstić information content (AvgIpc) is 2.52. The maximum absolute atomic E-state index is 12.5. The summed E-state index contributed by atoms with van der Waals surface area (Å²) in [5, 5.41) is 4.36. The van der Waals surface area contributed by atoms with Gasteiger partial charge in [-0.15, -0.1) is 0 Å². The second kappa shape index (κ2) is 7.31. The van der Waals surface area contributed by atoms with Crippen molar-refractivity contribution in [1.82, 2.24) is 9.88 Å². The van der Waals surface area contributed by atoms with Crippen LogP contribution in [0.2, 0.25) is 0 Å². The maximum atomic E-state index is 12.5. The number of anilines is 1. The fourth-order valence-corrected chi connectivity index (χ4v) is 2.60. The van der Waals surface area contributed by atoms with Gasteiger partial charge < -0.3 is 10.2 Å². The van der Waals surface area contributed by atoms with Crippen molar-refractivity contribution in [3.63, 3.8) is 0 Å². The summed E-state index contributed by atoms with van der Waals surface area (Å²) >= 11 is 1.73. The third-order valence-electron chi connectivity index (χ3n) is 3.28. The fraction of sp³-hybridized carbons (Fsp3) is 0.375. The van der Waals surface area contributed by atoms with E-state index in [0.717, 1.165) is 35.4 Å². The topological polar surface area (TPSA) is 45.2 Å². The van der Waals surface area contributed by atoms with Crippen LogP contribution in [0.4, 0.5) is 5.69 Å². The van der Waals surface area contributed by atoms with Gasteiger partial charge in [-0.2, -0.15) is 11.8 Å². The van der Waals surface area contributed by atoms with Gasteiger partial charge in [0, 0.05) is 37.0 Å². The first-order chi connectivity index (χ1) is 10.2. The van der Waals surface area contributed by atoms with Gasteiger partial charge in [0.25, 0.3) is 5.91 Å². The molecule has 1 aromatic heterocycles. The highest BCUT2D eigenvalue weighted by atomic mass is 32.2. The molecular weight excluding hydrogens is 282 g/mol. The lowest BCUT2D eigenvalue weighted by Crippen LogP contribution is -2.29. The normalized spacial score (nSPS) is 10.6. The fourth-order valence-electron chi connectivity index (χ4n) is 2.15. The van der Waals surface area contributed by atoms with E-state index in [0.29, 0.717) is 5.69 Å². The summed E-state index contributed by atoms with van der Waals surface area (Å²) in [4.78, 5) is 18.7. The minimum Gasteiger partial charge on any atom is -0.385 e. The molecule has 0 aliphatic carbocycles. The highest BCUT2D eigenvalue weighted by molar-refractivity contribution is 7.98. The summed E-state index contributed by atoms with van der Waals surface area (Å²) in [5.74, 6) is 0.893. The van der Waals surface area contributed by atoms with E-state index < -0.39 is 0 Å². The van der Waals surface area contributed by atoms with Crippen LogP contribution in [0.3, 0.4) is 0 Å². The van der Waals surface area contributed by atoms with E-state index in [2.05, 4.69) is 10.3 Å². The Bertz CT molecular complexity index is 630. The van der Waals surface area contributed by atoms with Gasteiger partial charge in [0.2, 0.25) is 0 Å². The van der Waals surface area contributed by atoms with Crippen LogP contribution in [-0.2, 0) is 0 Å². The second-order valence-electron chi connectivity index (χ2n) is 4.82. The number of carbonyl (C=O) groups excluding carboxylic acids is 1. The summed E-state index contributed by atoms with van der Waals surface area (Å²) in [6, 6.07) is 9.73. The number of amides is 1. The van der Waals surface area contributed by atoms with Crippen LogP contribution in [0.5, 0.6) is 0 Å². The van der Waals surface area contributed by atoms with Crippen molar-refractivity contribution < 1.29 is 4.79 Å². The Morgan fingerprint density at radius 2 is 2.14 bits per heavy atom. The van der Waals surface area contributed by atoms with Gasteiger partial charge in [0.05, 0.1) is 5.52 Å². The lowest BCUT2D eigenvalue weighted by Gasteiger charge is -2.17. The molecule has 2 aromatic rings. The van der Waals surface area contributed by atoms with Gasteiger partial charge in [-0.1, -0.05) is 18.2 Å². The summed E-state index contributed by atoms with van der Waals surface area (Å²) in [6.45, 7) is 3.58. The molecule has 0 unspecified atom stereocenters. The number of pyridine rings is 1. The van der Waals surface area contributed by atoms with Crippen molar-refractivity contribution in [3.05, 3.63) is 36.0 Å². The number of para-hydroxylation sites is 1. The third kappa shape index (κ3) is 3.67. The van der Waals surface area contributed by atoms with Crippen molar-refractivity contribution in [2.24, 2.45) is 0 Å². The number of hydrogen-bond donors (Lipinski definition) is 1. The molecular formula is C16H21N3OS. The van der Waals surface area contributed by atoms with Crippen LogP contribution in [0.15, 0.2) is 30.3 Å². The smallest absolute Gasteiger partial charge is 0.272 e. The summed E-state index contributed by atoms with van der Waals surface area (Å²) in [5.41, 5.74) is 2.30. The lowest BCUT2D eigenvalue weighted by molar-refractivity contribution is 0.0798. The van der Waals surface area contributed by atoms with Crippen molar-refractivity contribution in [1.29, 1.82) is 0 Å². The first-order valence-corrected chi connectivity index (χ1v) is 8.44. The maximum Gasteiger partial charge on any atom is 0.272 e. The van der Waals surface area contributed by atoms with E-state index in [1.165, 1.54) is 0 Å². The van der Waals surface area contributed by atoms with E-state index >= 15 is 0 Å². The summed E-state index contributed by atoms with van der Waals surface area (Å²) < 4.78 is 0. The SMILES string of the molecule is CCNc1cc(C(=O)N(C)CCSC)nc2ccccc12. The zero-order valence-electron chi connectivity index (χ0n) is 12.7. The first-order valence-electron chi connectivity index (χ1n) is 7.05. The molecule has 5 heteroatoms. The van der Waals surface area contributed by atoms with Crippen LogP contribution in [0, 0.1) is 0 Å². The standard InChI is InChI=1S/C16H21N3OS/c1-4-17-14-11-15(16(20)19(2)9-10-21-3)18-13-8-6-5-7-12(13)14/h5-8,11H,4,9-10H2,1-3H3,(H,17,18). The Balaban J connectivity index is 2.37. The first kappa shape index (κ1) is 15.6. The van der Waals surface area contributed by atoms with Gasteiger partial charge in [-0.25, -0.2) is 4.98 Å². The van der Waals surface area contributed by atoms with Gasteiger partial charge in [-0.05, 0) is 25.3 Å². The number of hydrogen-bond acceptors (Lipinski definition) is 4. The Hall–Kier alpha value is -1.75. The Labute approximate surface area is 129 Å². The second-order valence-corrected chi connectivity index (χ2v) is 5.81. The van der Waals surface area contributed by atoms with Gasteiger partial charge in [-0.3, -0.25) is 4.79 Å². The van der Waals surface area contributed by atoms with E-state index in [9.17, 15) is 4.79 Å². The molecule has 0 radical (unpaired) electrons. The van der Waals surface area contributed by atoms with Crippen molar-refractivity contribution in [2.75, 3.05) is 37.5 Å². The van der Waals surface area contributed by atoms with Gasteiger partial charge in [0.1, 0.15) is 5.69 Å². The van der Waals surface area contributed by atoms with Crippen LogP contribution < -0.4 is 5.32 Å². The minimum absolute atomic E-state index is 0.0334. The monoisotopic (exact) mass is 303 g/mol. The Kier molecular flexibility index (Phi) is 5.44. The summed E-state index contributed by atoms with van der Waals surface area (Å²) in [6.07, 6.45) is 2.04. The summed E-state index contributed by atoms with van der Waals surface area (Å²) in [7, 11) is 1.82. The average molecular weight is 303 g/mol. The number of carbonyl (C=O) groups is 1. The van der Waals surface area contributed by atoms with E-state index in [1.807, 2.05) is 50.6 Å². The van der Waals surface area contributed by atoms with Crippen LogP contribution in [0.1, 0.15) is 17.4 Å². The van der Waals surface area contributed by atoms with Gasteiger partial charge in [0.15, 0.2) is 0 Å². The van der Waals surface area contributed by atoms with Crippen molar-refractivity contribution in [3.8, 4) is 0 Å². The zero-order valence-corrected chi connectivity index (χ0v) is 13.5. The Morgan fingerprint density at radius 3 is 2.86 bits per heavy atom. The lowest BCUT2D eigenvalue weighted by atomic mass is 10.1. The molecule has 0 fully saturated rings. The predicted molar refractivity (Wildman–Crippen MR) is 91.2 cm³/mol. The molecule has 2 rings (SSSR count). The minimum atomic E-state index is -0.0334. The molecule has 21 heavy (non-hydrogen) atoms. The molecule has 0 spiro atoms.